The van der Waals surface area contributed by atoms with E-state index >= 15 is 0 Å². The van der Waals surface area contributed by atoms with E-state index in [0.717, 1.165) is 17.3 Å². The first-order valence-corrected chi connectivity index (χ1v) is 10.6. The highest BCUT2D eigenvalue weighted by molar-refractivity contribution is 8.15. The molecule has 166 valence electrons. The summed E-state index contributed by atoms with van der Waals surface area (Å²) >= 11 is 0.974. The first-order valence-electron chi connectivity index (χ1n) is 9.69. The smallest absolute Gasteiger partial charge is 0.343 e. The molecule has 0 radical (unpaired) electrons. The van der Waals surface area contributed by atoms with Gasteiger partial charge in [-0.3, -0.25) is 4.79 Å². The molecule has 1 fully saturated rings. The molecule has 2 aromatic carbocycles. The van der Waals surface area contributed by atoms with Gasteiger partial charge in [0.1, 0.15) is 0 Å². The third-order valence-corrected chi connectivity index (χ3v) is 5.31. The van der Waals surface area contributed by atoms with E-state index < -0.39 is 29.5 Å². The van der Waals surface area contributed by atoms with Crippen molar-refractivity contribution in [2.24, 2.45) is 10.2 Å². The summed E-state index contributed by atoms with van der Waals surface area (Å²) in [6, 6.07) is 11.9. The Balaban J connectivity index is 1.70. The number of rotatable bonds is 8. The van der Waals surface area contributed by atoms with Crippen LogP contribution in [0.25, 0.3) is 0 Å². The van der Waals surface area contributed by atoms with E-state index in [1.807, 2.05) is 19.1 Å². The summed E-state index contributed by atoms with van der Waals surface area (Å²) in [4.78, 5) is 34.8. The van der Waals surface area contributed by atoms with E-state index in [0.29, 0.717) is 23.5 Å². The Hall–Kier alpha value is -3.66. The van der Waals surface area contributed by atoms with Crippen molar-refractivity contribution in [3.05, 3.63) is 59.2 Å². The Morgan fingerprint density at radius 1 is 1.19 bits per heavy atom. The van der Waals surface area contributed by atoms with Gasteiger partial charge >= 0.3 is 5.97 Å². The molecule has 1 atom stereocenters. The van der Waals surface area contributed by atoms with Crippen LogP contribution in [0.2, 0.25) is 0 Å². The van der Waals surface area contributed by atoms with E-state index in [-0.39, 0.29) is 10.9 Å². The van der Waals surface area contributed by atoms with Gasteiger partial charge in [0.05, 0.1) is 23.6 Å². The monoisotopic (exact) mass is 454 g/mol. The van der Waals surface area contributed by atoms with Crippen molar-refractivity contribution < 1.29 is 29.0 Å². The van der Waals surface area contributed by atoms with E-state index in [4.69, 9.17) is 9.47 Å². The topological polar surface area (TPSA) is 129 Å². The van der Waals surface area contributed by atoms with Crippen LogP contribution in [0.5, 0.6) is 11.5 Å². The predicted octanol–water partition coefficient (Wildman–Crippen LogP) is 1.67. The molecule has 1 saturated heterocycles. The van der Waals surface area contributed by atoms with E-state index in [2.05, 4.69) is 15.5 Å². The number of benzene rings is 2. The molecule has 1 aliphatic heterocycles. The molecule has 1 amide bonds. The molecule has 0 bridgehead atoms. The van der Waals surface area contributed by atoms with Crippen LogP contribution >= 0.6 is 11.8 Å². The molecular weight excluding hydrogens is 434 g/mol. The van der Waals surface area contributed by atoms with Gasteiger partial charge in [0.25, 0.3) is 0 Å². The number of aryl methyl sites for hydroxylation is 1. The maximum absolute atomic E-state index is 12.4. The van der Waals surface area contributed by atoms with Crippen molar-refractivity contribution in [1.82, 2.24) is 5.32 Å². The summed E-state index contributed by atoms with van der Waals surface area (Å²) in [6.45, 7) is 4.10. The van der Waals surface area contributed by atoms with Gasteiger partial charge in [0, 0.05) is 12.4 Å². The highest BCUT2D eigenvalue weighted by Gasteiger charge is 2.30. The predicted molar refractivity (Wildman–Crippen MR) is 118 cm³/mol. The molecule has 3 rings (SSSR count). The number of carboxylic acids is 1. The molecule has 1 N–H and O–H groups in total. The average molecular weight is 454 g/mol. The number of nitrogens with one attached hydrogen (secondary N) is 1. The normalized spacial score (nSPS) is 16.9. The summed E-state index contributed by atoms with van der Waals surface area (Å²) in [5, 5.41) is 20.4. The molecule has 1 heterocycles. The van der Waals surface area contributed by atoms with Crippen molar-refractivity contribution in [2.75, 3.05) is 6.61 Å². The number of ether oxygens (including phenoxy) is 2. The minimum Gasteiger partial charge on any atom is -0.550 e. The summed E-state index contributed by atoms with van der Waals surface area (Å²) in [5.74, 6) is -1.63. The Labute approximate surface area is 188 Å². The maximum Gasteiger partial charge on any atom is 0.343 e. The molecule has 0 unspecified atom stereocenters. The van der Waals surface area contributed by atoms with Gasteiger partial charge in [-0.05, 0) is 49.7 Å². The standard InChI is InChI=1S/C22H21N3O6S/c1-3-30-17-10-14(12-23-25-22-24-20(28)18(32-22)11-19(26)27)6-9-16(17)31-21(29)15-7-4-13(2)5-8-15/h4-10,12,18H,3,11H2,1-2H3,(H,26,27)(H,24,25,28)/p-1/b23-12-/t18-/m0/s1. The number of esters is 1. The Kier molecular flexibility index (Phi) is 7.61. The summed E-state index contributed by atoms with van der Waals surface area (Å²) < 4.78 is 11.1. The molecular formula is C22H20N3O6S-. The van der Waals surface area contributed by atoms with Gasteiger partial charge in [0.15, 0.2) is 16.7 Å². The summed E-state index contributed by atoms with van der Waals surface area (Å²) in [5.41, 5.74) is 2.08. The van der Waals surface area contributed by atoms with E-state index in [1.165, 1.54) is 6.21 Å². The van der Waals surface area contributed by atoms with Gasteiger partial charge in [-0.1, -0.05) is 29.5 Å². The first-order chi connectivity index (χ1) is 15.4. The molecule has 0 aromatic heterocycles. The van der Waals surface area contributed by atoms with Gasteiger partial charge in [-0.15, -0.1) is 5.10 Å². The number of aliphatic carboxylic acids is 1. The lowest BCUT2D eigenvalue weighted by Gasteiger charge is -2.11. The van der Waals surface area contributed by atoms with Crippen LogP contribution in [-0.4, -0.2) is 41.1 Å². The number of amidine groups is 1. The highest BCUT2D eigenvalue weighted by atomic mass is 32.2. The minimum absolute atomic E-state index is 0.200. The second kappa shape index (κ2) is 10.6. The fourth-order valence-electron chi connectivity index (χ4n) is 2.69. The van der Waals surface area contributed by atoms with Crippen LogP contribution in [0, 0.1) is 6.92 Å². The van der Waals surface area contributed by atoms with Crippen LogP contribution in [-0.2, 0) is 9.59 Å². The maximum atomic E-state index is 12.4. The fourth-order valence-corrected chi connectivity index (χ4v) is 3.60. The van der Waals surface area contributed by atoms with Crippen molar-refractivity contribution >= 4 is 41.0 Å². The molecule has 1 aliphatic rings. The lowest BCUT2D eigenvalue weighted by atomic mass is 10.1. The number of amides is 1. The lowest BCUT2D eigenvalue weighted by molar-refractivity contribution is -0.305. The quantitative estimate of drug-likeness (QED) is 0.278. The molecule has 10 heteroatoms. The lowest BCUT2D eigenvalue weighted by Crippen LogP contribution is -2.31. The molecule has 2 aromatic rings. The number of nitrogens with zero attached hydrogens (tertiary/aromatic N) is 2. The number of carbonyl (C=O) groups excluding carboxylic acids is 3. The van der Waals surface area contributed by atoms with E-state index in [1.54, 1.807) is 37.3 Å². The average Bonchev–Trinajstić information content (AvgIpc) is 3.09. The summed E-state index contributed by atoms with van der Waals surface area (Å²) in [7, 11) is 0. The molecule has 32 heavy (non-hydrogen) atoms. The van der Waals surface area contributed by atoms with Gasteiger partial charge in [-0.2, -0.15) is 5.10 Å². The zero-order valence-corrected chi connectivity index (χ0v) is 18.2. The van der Waals surface area contributed by atoms with Crippen LogP contribution in [0.15, 0.2) is 52.7 Å². The zero-order chi connectivity index (χ0) is 23.1. The van der Waals surface area contributed by atoms with Crippen molar-refractivity contribution in [2.45, 2.75) is 25.5 Å². The number of carbonyl (C=O) groups is 3. The third-order valence-electron chi connectivity index (χ3n) is 4.24. The Morgan fingerprint density at radius 2 is 1.94 bits per heavy atom. The summed E-state index contributed by atoms with van der Waals surface area (Å²) in [6.07, 6.45) is 1.03. The largest absolute Gasteiger partial charge is 0.550 e. The minimum atomic E-state index is -1.31. The van der Waals surface area contributed by atoms with E-state index in [9.17, 15) is 19.5 Å². The Bertz CT molecular complexity index is 1080. The fraction of sp³-hybridized carbons (Fsp3) is 0.227. The SMILES string of the molecule is CCOc1cc(/C=N\N=C2/NC(=O)[C@H](CC(=O)[O-])S2)ccc1OC(=O)c1ccc(C)cc1. The highest BCUT2D eigenvalue weighted by Crippen LogP contribution is 2.29. The zero-order valence-electron chi connectivity index (χ0n) is 17.4. The van der Waals surface area contributed by atoms with Crippen LogP contribution in [0.1, 0.15) is 34.8 Å². The van der Waals surface area contributed by atoms with Gasteiger partial charge in [0.2, 0.25) is 5.91 Å². The third kappa shape index (κ3) is 6.17. The second-order valence-corrected chi connectivity index (χ2v) is 7.91. The first kappa shape index (κ1) is 23.0. The van der Waals surface area contributed by atoms with Crippen LogP contribution in [0.4, 0.5) is 0 Å². The van der Waals surface area contributed by atoms with Crippen molar-refractivity contribution in [1.29, 1.82) is 0 Å². The number of hydrogen-bond donors (Lipinski definition) is 1. The van der Waals surface area contributed by atoms with Crippen molar-refractivity contribution in [3.8, 4) is 11.5 Å². The number of carboxylic acid groups (broad SMARTS) is 1. The van der Waals surface area contributed by atoms with Gasteiger partial charge < -0.3 is 24.7 Å². The van der Waals surface area contributed by atoms with Crippen LogP contribution < -0.4 is 19.9 Å². The van der Waals surface area contributed by atoms with Crippen molar-refractivity contribution in [3.63, 3.8) is 0 Å². The molecule has 0 aliphatic carbocycles. The van der Waals surface area contributed by atoms with Gasteiger partial charge in [-0.25, -0.2) is 4.79 Å². The molecule has 0 saturated carbocycles. The number of hydrogen-bond acceptors (Lipinski definition) is 9. The Morgan fingerprint density at radius 3 is 2.62 bits per heavy atom. The second-order valence-electron chi connectivity index (χ2n) is 6.72. The van der Waals surface area contributed by atoms with Crippen LogP contribution in [0.3, 0.4) is 0 Å². The molecule has 0 spiro atoms. The number of thioether (sulfide) groups is 1. The molecule has 9 nitrogen and oxygen atoms in total.